The van der Waals surface area contributed by atoms with Gasteiger partial charge in [0.2, 0.25) is 0 Å². The van der Waals surface area contributed by atoms with Gasteiger partial charge in [-0.25, -0.2) is 0 Å². The van der Waals surface area contributed by atoms with Gasteiger partial charge in [-0.2, -0.15) is 0 Å². The number of hydrogen-bond acceptors (Lipinski definition) is 2. The Kier molecular flexibility index (Phi) is 3.58. The van der Waals surface area contributed by atoms with Gasteiger partial charge in [-0.15, -0.1) is 0 Å². The Balaban J connectivity index is 1.51. The van der Waals surface area contributed by atoms with E-state index < -0.39 is 0 Å². The molecule has 23 heavy (non-hydrogen) atoms. The first-order chi connectivity index (χ1) is 11.3. The quantitative estimate of drug-likeness (QED) is 0.557. The summed E-state index contributed by atoms with van der Waals surface area (Å²) < 4.78 is 0. The van der Waals surface area contributed by atoms with Crippen LogP contribution in [0.4, 0.5) is 5.69 Å². The second-order valence-corrected chi connectivity index (χ2v) is 6.17. The lowest BCUT2D eigenvalue weighted by Gasteiger charge is -2.20. The smallest absolute Gasteiger partial charge is 0.0421 e. The predicted octanol–water partition coefficient (Wildman–Crippen LogP) is 4.33. The van der Waals surface area contributed by atoms with Gasteiger partial charge in [-0.1, -0.05) is 36.4 Å². The minimum Gasteiger partial charge on any atom is -0.374 e. The molecule has 1 aliphatic carbocycles. The number of likely N-dealkylation sites (N-methyl/N-ethyl adjacent to an activating group) is 1. The van der Waals surface area contributed by atoms with E-state index in [2.05, 4.69) is 71.5 Å². The van der Waals surface area contributed by atoms with Crippen LogP contribution < -0.4 is 4.90 Å². The molecule has 0 amide bonds. The summed E-state index contributed by atoms with van der Waals surface area (Å²) in [5.41, 5.74) is 8.09. The van der Waals surface area contributed by atoms with E-state index >= 15 is 0 Å². The van der Waals surface area contributed by atoms with E-state index in [0.29, 0.717) is 0 Å². The minimum atomic E-state index is 0.967. The number of benzene rings is 2. The Bertz CT molecular complexity index is 824. The summed E-state index contributed by atoms with van der Waals surface area (Å²) in [4.78, 5) is 6.72. The van der Waals surface area contributed by atoms with E-state index in [-0.39, 0.29) is 0 Å². The molecule has 1 aromatic heterocycles. The Hall–Kier alpha value is -2.61. The van der Waals surface area contributed by atoms with Crippen LogP contribution in [-0.2, 0) is 12.8 Å². The van der Waals surface area contributed by atoms with Gasteiger partial charge >= 0.3 is 0 Å². The fourth-order valence-electron chi connectivity index (χ4n) is 3.33. The van der Waals surface area contributed by atoms with Crippen molar-refractivity contribution in [1.82, 2.24) is 4.98 Å². The number of rotatable bonds is 4. The van der Waals surface area contributed by atoms with Crippen LogP contribution in [0, 0.1) is 0 Å². The first kappa shape index (κ1) is 14.0. The maximum absolute atomic E-state index is 4.40. The third-order valence-corrected chi connectivity index (χ3v) is 4.65. The molecule has 0 aliphatic heterocycles. The van der Waals surface area contributed by atoms with Gasteiger partial charge in [0.15, 0.2) is 0 Å². The van der Waals surface area contributed by atoms with Crippen molar-refractivity contribution in [3.63, 3.8) is 0 Å². The number of fused-ring (bicyclic) bond motifs is 3. The van der Waals surface area contributed by atoms with E-state index in [1.165, 1.54) is 27.9 Å². The summed E-state index contributed by atoms with van der Waals surface area (Å²) in [6.45, 7) is 0.975. The van der Waals surface area contributed by atoms with Crippen molar-refractivity contribution in [2.75, 3.05) is 18.5 Å². The highest BCUT2D eigenvalue weighted by Crippen LogP contribution is 2.38. The Morgan fingerprint density at radius 1 is 0.913 bits per heavy atom. The lowest BCUT2D eigenvalue weighted by Crippen LogP contribution is -2.20. The van der Waals surface area contributed by atoms with Gasteiger partial charge in [0.25, 0.3) is 0 Å². The zero-order valence-electron chi connectivity index (χ0n) is 13.4. The highest BCUT2D eigenvalue weighted by Gasteiger charge is 2.18. The highest BCUT2D eigenvalue weighted by atomic mass is 15.1. The molecule has 0 spiro atoms. The van der Waals surface area contributed by atoms with Crippen molar-refractivity contribution >= 4 is 5.69 Å². The molecule has 0 saturated carbocycles. The second-order valence-electron chi connectivity index (χ2n) is 6.17. The SMILES string of the molecule is CN(CCc1ccccn1)c1ccc2c(c1)Cc1ccccc1-2. The van der Waals surface area contributed by atoms with Crippen molar-refractivity contribution in [2.24, 2.45) is 0 Å². The normalized spacial score (nSPS) is 11.9. The first-order valence-electron chi connectivity index (χ1n) is 8.13. The van der Waals surface area contributed by atoms with Crippen LogP contribution in [0.5, 0.6) is 0 Å². The standard InChI is InChI=1S/C21H20N2/c1-23(13-11-18-7-4-5-12-22-18)19-9-10-21-17(15-19)14-16-6-2-3-8-20(16)21/h2-10,12,15H,11,13-14H2,1H3. The third-order valence-electron chi connectivity index (χ3n) is 4.65. The number of aromatic nitrogens is 1. The lowest BCUT2D eigenvalue weighted by molar-refractivity contribution is 0.852. The molecule has 114 valence electrons. The summed E-state index contributed by atoms with van der Waals surface area (Å²) in [5, 5.41) is 0. The van der Waals surface area contributed by atoms with Gasteiger partial charge in [0.1, 0.15) is 0 Å². The number of nitrogens with zero attached hydrogens (tertiary/aromatic N) is 2. The average molecular weight is 300 g/mol. The van der Waals surface area contributed by atoms with E-state index in [0.717, 1.165) is 25.1 Å². The Labute approximate surface area is 137 Å². The van der Waals surface area contributed by atoms with E-state index in [1.54, 1.807) is 0 Å². The van der Waals surface area contributed by atoms with Gasteiger partial charge in [0.05, 0.1) is 0 Å². The maximum atomic E-state index is 4.40. The molecule has 0 N–H and O–H groups in total. The zero-order valence-corrected chi connectivity index (χ0v) is 13.4. The Morgan fingerprint density at radius 3 is 2.61 bits per heavy atom. The van der Waals surface area contributed by atoms with Crippen LogP contribution in [0.15, 0.2) is 66.9 Å². The highest BCUT2D eigenvalue weighted by molar-refractivity contribution is 5.78. The molecule has 3 aromatic rings. The van der Waals surface area contributed by atoms with Crippen molar-refractivity contribution in [2.45, 2.75) is 12.8 Å². The molecule has 1 heterocycles. The number of pyridine rings is 1. The summed E-state index contributed by atoms with van der Waals surface area (Å²) in [7, 11) is 2.16. The second kappa shape index (κ2) is 5.88. The minimum absolute atomic E-state index is 0.967. The summed E-state index contributed by atoms with van der Waals surface area (Å²) in [6.07, 6.45) is 3.88. The molecule has 2 nitrogen and oxygen atoms in total. The van der Waals surface area contributed by atoms with Crippen LogP contribution in [0.1, 0.15) is 16.8 Å². The van der Waals surface area contributed by atoms with Crippen molar-refractivity contribution in [3.8, 4) is 11.1 Å². The maximum Gasteiger partial charge on any atom is 0.0421 e. The summed E-state index contributed by atoms with van der Waals surface area (Å²) >= 11 is 0. The number of anilines is 1. The van der Waals surface area contributed by atoms with Gasteiger partial charge in [0, 0.05) is 37.6 Å². The molecule has 2 aromatic carbocycles. The fraction of sp³-hybridized carbons (Fsp3) is 0.190. The van der Waals surface area contributed by atoms with E-state index in [4.69, 9.17) is 0 Å². The average Bonchev–Trinajstić information content (AvgIpc) is 2.98. The van der Waals surface area contributed by atoms with Crippen LogP contribution in [0.3, 0.4) is 0 Å². The Morgan fingerprint density at radius 2 is 1.74 bits per heavy atom. The first-order valence-corrected chi connectivity index (χ1v) is 8.13. The van der Waals surface area contributed by atoms with Crippen LogP contribution in [-0.4, -0.2) is 18.6 Å². The van der Waals surface area contributed by atoms with Crippen LogP contribution >= 0.6 is 0 Å². The molecule has 0 saturated heterocycles. The molecule has 1 aliphatic rings. The largest absolute Gasteiger partial charge is 0.374 e. The van der Waals surface area contributed by atoms with Gasteiger partial charge < -0.3 is 4.90 Å². The van der Waals surface area contributed by atoms with Gasteiger partial charge in [-0.3, -0.25) is 4.98 Å². The molecule has 0 atom stereocenters. The van der Waals surface area contributed by atoms with Crippen molar-refractivity contribution in [3.05, 3.63) is 83.7 Å². The zero-order chi connectivity index (χ0) is 15.6. The molecule has 0 bridgehead atoms. The molecule has 0 radical (unpaired) electrons. The monoisotopic (exact) mass is 300 g/mol. The predicted molar refractivity (Wildman–Crippen MR) is 95.9 cm³/mol. The fourth-order valence-corrected chi connectivity index (χ4v) is 3.33. The van der Waals surface area contributed by atoms with Gasteiger partial charge in [-0.05, 0) is 52.9 Å². The summed E-state index contributed by atoms with van der Waals surface area (Å²) in [5.74, 6) is 0. The number of hydrogen-bond donors (Lipinski definition) is 0. The van der Waals surface area contributed by atoms with E-state index in [9.17, 15) is 0 Å². The molecule has 0 unspecified atom stereocenters. The third kappa shape index (κ3) is 2.72. The van der Waals surface area contributed by atoms with Crippen molar-refractivity contribution in [1.29, 1.82) is 0 Å². The lowest BCUT2D eigenvalue weighted by atomic mass is 10.1. The molecular formula is C21H20N2. The van der Waals surface area contributed by atoms with E-state index in [1.807, 2.05) is 12.3 Å². The van der Waals surface area contributed by atoms with Crippen LogP contribution in [0.2, 0.25) is 0 Å². The molecular weight excluding hydrogens is 280 g/mol. The topological polar surface area (TPSA) is 16.1 Å². The summed E-state index contributed by atoms with van der Waals surface area (Å²) in [6, 6.07) is 21.7. The van der Waals surface area contributed by atoms with Crippen molar-refractivity contribution < 1.29 is 0 Å². The molecule has 2 heteroatoms. The molecule has 0 fully saturated rings. The molecule has 4 rings (SSSR count). The van der Waals surface area contributed by atoms with Crippen LogP contribution in [0.25, 0.3) is 11.1 Å².